The minimum Gasteiger partial charge on any atom is -0.206 e. The third-order valence-corrected chi connectivity index (χ3v) is 2.23. The summed E-state index contributed by atoms with van der Waals surface area (Å²) in [6, 6.07) is 1.31. The summed E-state index contributed by atoms with van der Waals surface area (Å²) in [5, 5.41) is 0.314. The Morgan fingerprint density at radius 2 is 1.69 bits per heavy atom. The van der Waals surface area contributed by atoms with Crippen molar-refractivity contribution >= 4 is 21.5 Å². The maximum Gasteiger partial charge on any atom is 0.161 e. The normalized spacial score (nSPS) is 10.2. The van der Waals surface area contributed by atoms with Crippen LogP contribution in [0.3, 0.4) is 0 Å². The summed E-state index contributed by atoms with van der Waals surface area (Å²) in [5.74, 6) is -3.06. The first kappa shape index (κ1) is 10.3. The number of hydrogen-bond acceptors (Lipinski definition) is 0. The average Bonchev–Trinajstić information content (AvgIpc) is 2.10. The number of alkyl halides is 1. The van der Waals surface area contributed by atoms with E-state index in [-0.39, 0.29) is 5.56 Å². The van der Waals surface area contributed by atoms with Crippen molar-refractivity contribution in [2.75, 3.05) is 5.33 Å². The van der Waals surface area contributed by atoms with Gasteiger partial charge in [-0.05, 0) is 11.6 Å². The van der Waals surface area contributed by atoms with Crippen molar-refractivity contribution in [2.45, 2.75) is 0 Å². The highest BCUT2D eigenvalue weighted by molar-refractivity contribution is 9.09. The molecule has 0 spiro atoms. The van der Waals surface area contributed by atoms with Crippen LogP contribution in [0.5, 0.6) is 0 Å². The van der Waals surface area contributed by atoms with Crippen molar-refractivity contribution in [3.05, 3.63) is 41.7 Å². The molecule has 70 valence electrons. The maximum absolute atomic E-state index is 13.0. The molecule has 0 aliphatic rings. The van der Waals surface area contributed by atoms with E-state index in [1.807, 2.05) is 0 Å². The fourth-order valence-corrected chi connectivity index (χ4v) is 1.17. The molecule has 0 unspecified atom stereocenters. The molecule has 0 saturated carbocycles. The SMILES string of the molecule is C=C(CBr)c1cc(F)c(F)cc1F. The van der Waals surface area contributed by atoms with Crippen LogP contribution in [0.1, 0.15) is 5.56 Å². The van der Waals surface area contributed by atoms with E-state index in [1.54, 1.807) is 0 Å². The Hall–Kier alpha value is -0.770. The Bertz CT molecular complexity index is 347. The molecule has 0 bridgehead atoms. The first-order valence-electron chi connectivity index (χ1n) is 3.45. The average molecular weight is 251 g/mol. The van der Waals surface area contributed by atoms with Gasteiger partial charge in [0.05, 0.1) is 0 Å². The molecule has 1 rings (SSSR count). The number of halogens is 4. The summed E-state index contributed by atoms with van der Waals surface area (Å²) in [5.41, 5.74) is 0.368. The molecule has 13 heavy (non-hydrogen) atoms. The predicted octanol–water partition coefficient (Wildman–Crippen LogP) is 3.51. The molecule has 4 heteroatoms. The zero-order chi connectivity index (χ0) is 10.0. The Balaban J connectivity index is 3.23. The highest BCUT2D eigenvalue weighted by Crippen LogP contribution is 2.21. The van der Waals surface area contributed by atoms with Crippen LogP contribution in [0.15, 0.2) is 18.7 Å². The molecule has 0 radical (unpaired) electrons. The Morgan fingerprint density at radius 3 is 2.23 bits per heavy atom. The van der Waals surface area contributed by atoms with Crippen LogP contribution in [0.4, 0.5) is 13.2 Å². The first-order valence-corrected chi connectivity index (χ1v) is 4.57. The van der Waals surface area contributed by atoms with E-state index >= 15 is 0 Å². The zero-order valence-electron chi connectivity index (χ0n) is 6.58. The van der Waals surface area contributed by atoms with Crippen molar-refractivity contribution in [1.82, 2.24) is 0 Å². The molecule has 1 aromatic rings. The fraction of sp³-hybridized carbons (Fsp3) is 0.111. The molecule has 0 nitrogen and oxygen atoms in total. The van der Waals surface area contributed by atoms with Gasteiger partial charge in [0, 0.05) is 17.0 Å². The van der Waals surface area contributed by atoms with E-state index < -0.39 is 17.5 Å². The zero-order valence-corrected chi connectivity index (χ0v) is 8.17. The molecule has 1 aromatic carbocycles. The smallest absolute Gasteiger partial charge is 0.161 e. The quantitative estimate of drug-likeness (QED) is 0.557. The van der Waals surface area contributed by atoms with E-state index in [0.717, 1.165) is 6.07 Å². The van der Waals surface area contributed by atoms with Crippen LogP contribution in [0.2, 0.25) is 0 Å². The van der Waals surface area contributed by atoms with Gasteiger partial charge in [0.25, 0.3) is 0 Å². The van der Waals surface area contributed by atoms with Crippen LogP contribution >= 0.6 is 15.9 Å². The van der Waals surface area contributed by atoms with Gasteiger partial charge in [-0.3, -0.25) is 0 Å². The lowest BCUT2D eigenvalue weighted by molar-refractivity contribution is 0.494. The maximum atomic E-state index is 13.0. The van der Waals surface area contributed by atoms with Crippen molar-refractivity contribution in [1.29, 1.82) is 0 Å². The van der Waals surface area contributed by atoms with E-state index in [0.29, 0.717) is 17.0 Å². The summed E-state index contributed by atoms with van der Waals surface area (Å²) < 4.78 is 38.1. The number of rotatable bonds is 2. The summed E-state index contributed by atoms with van der Waals surface area (Å²) in [4.78, 5) is 0. The molecule has 0 aliphatic heterocycles. The minimum atomic E-state index is -1.19. The second kappa shape index (κ2) is 3.96. The lowest BCUT2D eigenvalue weighted by Gasteiger charge is -2.04. The monoisotopic (exact) mass is 250 g/mol. The molecule has 0 aromatic heterocycles. The van der Waals surface area contributed by atoms with Gasteiger partial charge < -0.3 is 0 Å². The van der Waals surface area contributed by atoms with E-state index in [4.69, 9.17) is 0 Å². The molecule has 0 heterocycles. The molecule has 0 aliphatic carbocycles. The van der Waals surface area contributed by atoms with Gasteiger partial charge in [-0.15, -0.1) is 0 Å². The van der Waals surface area contributed by atoms with Crippen molar-refractivity contribution < 1.29 is 13.2 Å². The molecule has 0 N–H and O–H groups in total. The van der Waals surface area contributed by atoms with E-state index in [2.05, 4.69) is 22.5 Å². The molecular formula is C9H6BrF3. The van der Waals surface area contributed by atoms with Gasteiger partial charge in [0.15, 0.2) is 11.6 Å². The summed E-state index contributed by atoms with van der Waals surface area (Å²) in [7, 11) is 0. The van der Waals surface area contributed by atoms with E-state index in [1.165, 1.54) is 0 Å². The van der Waals surface area contributed by atoms with Gasteiger partial charge >= 0.3 is 0 Å². The lowest BCUT2D eigenvalue weighted by Crippen LogP contribution is -1.94. The molecule has 0 saturated heterocycles. The highest BCUT2D eigenvalue weighted by Gasteiger charge is 2.11. The third kappa shape index (κ3) is 2.12. The van der Waals surface area contributed by atoms with Gasteiger partial charge in [0.2, 0.25) is 0 Å². The largest absolute Gasteiger partial charge is 0.206 e. The fourth-order valence-electron chi connectivity index (χ4n) is 0.865. The topological polar surface area (TPSA) is 0 Å². The highest BCUT2D eigenvalue weighted by atomic mass is 79.9. The summed E-state index contributed by atoms with van der Waals surface area (Å²) in [6.45, 7) is 3.50. The van der Waals surface area contributed by atoms with Crippen LogP contribution in [-0.4, -0.2) is 5.33 Å². The lowest BCUT2D eigenvalue weighted by atomic mass is 10.1. The van der Waals surface area contributed by atoms with Gasteiger partial charge in [-0.2, -0.15) is 0 Å². The van der Waals surface area contributed by atoms with Crippen LogP contribution in [0.25, 0.3) is 5.57 Å². The number of benzene rings is 1. The number of allylic oxidation sites excluding steroid dienone is 1. The van der Waals surface area contributed by atoms with Crippen molar-refractivity contribution in [2.24, 2.45) is 0 Å². The predicted molar refractivity (Wildman–Crippen MR) is 49.1 cm³/mol. The van der Waals surface area contributed by atoms with Gasteiger partial charge in [-0.25, -0.2) is 13.2 Å². The Labute approximate surface area is 82.2 Å². The standard InChI is InChI=1S/C9H6BrF3/c1-5(4-10)6-2-8(12)9(13)3-7(6)11/h2-3H,1,4H2. The second-order valence-corrected chi connectivity index (χ2v) is 3.04. The minimum absolute atomic E-state index is 0.00391. The summed E-state index contributed by atoms with van der Waals surface area (Å²) >= 11 is 3.05. The van der Waals surface area contributed by atoms with Crippen LogP contribution < -0.4 is 0 Å². The van der Waals surface area contributed by atoms with E-state index in [9.17, 15) is 13.2 Å². The Morgan fingerprint density at radius 1 is 1.15 bits per heavy atom. The van der Waals surface area contributed by atoms with Gasteiger partial charge in [0.1, 0.15) is 5.82 Å². The van der Waals surface area contributed by atoms with Crippen molar-refractivity contribution in [3.8, 4) is 0 Å². The molecule has 0 atom stereocenters. The van der Waals surface area contributed by atoms with Crippen LogP contribution in [0, 0.1) is 17.5 Å². The van der Waals surface area contributed by atoms with Crippen molar-refractivity contribution in [3.63, 3.8) is 0 Å². The van der Waals surface area contributed by atoms with Crippen LogP contribution in [-0.2, 0) is 0 Å². The molecule has 0 amide bonds. The third-order valence-electron chi connectivity index (χ3n) is 1.55. The second-order valence-electron chi connectivity index (χ2n) is 2.48. The van der Waals surface area contributed by atoms with Gasteiger partial charge in [-0.1, -0.05) is 22.5 Å². The molecule has 0 fully saturated rings. The summed E-state index contributed by atoms with van der Waals surface area (Å²) in [6.07, 6.45) is 0. The Kier molecular flexibility index (Phi) is 3.14. The molecular weight excluding hydrogens is 245 g/mol. The number of hydrogen-bond donors (Lipinski definition) is 0. The first-order chi connectivity index (χ1) is 6.06.